The van der Waals surface area contributed by atoms with Gasteiger partial charge in [0.2, 0.25) is 0 Å². The number of para-hydroxylation sites is 1. The summed E-state index contributed by atoms with van der Waals surface area (Å²) < 4.78 is 0. The van der Waals surface area contributed by atoms with Crippen molar-refractivity contribution >= 4 is 17.3 Å². The zero-order chi connectivity index (χ0) is 13.1. The Hall–Kier alpha value is -1.51. The van der Waals surface area contributed by atoms with Crippen LogP contribution in [0.1, 0.15) is 11.1 Å². The third kappa shape index (κ3) is 2.91. The molecular formula is C16H17ClN2. The third-order valence-electron chi connectivity index (χ3n) is 3.49. The first-order chi connectivity index (χ1) is 9.33. The lowest BCUT2D eigenvalue weighted by Crippen LogP contribution is -2.28. The number of fused-ring (bicyclic) bond motifs is 1. The van der Waals surface area contributed by atoms with Crippen LogP contribution >= 0.6 is 11.6 Å². The molecule has 2 aromatic carbocycles. The number of rotatable bonds is 2. The fourth-order valence-electron chi connectivity index (χ4n) is 2.50. The molecule has 1 N–H and O–H groups in total. The van der Waals surface area contributed by atoms with Crippen molar-refractivity contribution in [2.75, 3.05) is 18.0 Å². The van der Waals surface area contributed by atoms with Gasteiger partial charge in [-0.2, -0.15) is 0 Å². The van der Waals surface area contributed by atoms with Gasteiger partial charge in [-0.25, -0.2) is 0 Å². The predicted octanol–water partition coefficient (Wildman–Crippen LogP) is 3.45. The van der Waals surface area contributed by atoms with Gasteiger partial charge in [0, 0.05) is 36.9 Å². The van der Waals surface area contributed by atoms with Gasteiger partial charge in [-0.05, 0) is 29.3 Å². The van der Waals surface area contributed by atoms with Crippen LogP contribution < -0.4 is 10.2 Å². The topological polar surface area (TPSA) is 15.3 Å². The Balaban J connectivity index is 1.86. The third-order valence-corrected chi connectivity index (χ3v) is 3.74. The molecule has 0 bridgehead atoms. The van der Waals surface area contributed by atoms with E-state index in [9.17, 15) is 0 Å². The number of benzene rings is 2. The van der Waals surface area contributed by atoms with Gasteiger partial charge in [0.1, 0.15) is 0 Å². The molecule has 0 aromatic heterocycles. The summed E-state index contributed by atoms with van der Waals surface area (Å²) in [6, 6.07) is 16.7. The maximum absolute atomic E-state index is 5.94. The van der Waals surface area contributed by atoms with Crippen molar-refractivity contribution in [1.29, 1.82) is 0 Å². The molecule has 19 heavy (non-hydrogen) atoms. The molecule has 0 atom stereocenters. The Kier molecular flexibility index (Phi) is 3.72. The lowest BCUT2D eigenvalue weighted by Gasteiger charge is -2.24. The number of nitrogens with zero attached hydrogens (tertiary/aromatic N) is 1. The summed E-state index contributed by atoms with van der Waals surface area (Å²) in [5, 5.41) is 4.26. The van der Waals surface area contributed by atoms with Crippen molar-refractivity contribution in [1.82, 2.24) is 5.32 Å². The molecule has 3 heteroatoms. The van der Waals surface area contributed by atoms with Gasteiger partial charge in [0.05, 0.1) is 0 Å². The van der Waals surface area contributed by atoms with Gasteiger partial charge in [0.15, 0.2) is 0 Å². The Morgan fingerprint density at radius 2 is 1.84 bits per heavy atom. The zero-order valence-corrected chi connectivity index (χ0v) is 11.5. The molecule has 1 heterocycles. The normalized spacial score (nSPS) is 14.9. The summed E-state index contributed by atoms with van der Waals surface area (Å²) in [5.41, 5.74) is 4.00. The summed E-state index contributed by atoms with van der Waals surface area (Å²) in [6.07, 6.45) is 0. The highest BCUT2D eigenvalue weighted by Gasteiger charge is 2.14. The van der Waals surface area contributed by atoms with Crippen LogP contribution in [0.3, 0.4) is 0 Å². The van der Waals surface area contributed by atoms with E-state index in [-0.39, 0.29) is 0 Å². The quantitative estimate of drug-likeness (QED) is 0.901. The Bertz CT molecular complexity index is 551. The van der Waals surface area contributed by atoms with E-state index in [0.29, 0.717) is 0 Å². The van der Waals surface area contributed by atoms with Crippen molar-refractivity contribution in [3.05, 3.63) is 64.7 Å². The van der Waals surface area contributed by atoms with Crippen LogP contribution in [-0.2, 0) is 13.1 Å². The molecule has 0 saturated carbocycles. The average Bonchev–Trinajstić information content (AvgIpc) is 2.64. The van der Waals surface area contributed by atoms with E-state index in [1.54, 1.807) is 0 Å². The molecule has 2 nitrogen and oxygen atoms in total. The fraction of sp³-hybridized carbons (Fsp3) is 0.250. The Morgan fingerprint density at radius 3 is 2.68 bits per heavy atom. The van der Waals surface area contributed by atoms with Gasteiger partial charge in [-0.15, -0.1) is 0 Å². The molecule has 0 radical (unpaired) electrons. The van der Waals surface area contributed by atoms with Crippen molar-refractivity contribution in [2.45, 2.75) is 13.1 Å². The van der Waals surface area contributed by atoms with Crippen LogP contribution in [0.25, 0.3) is 0 Å². The second-order valence-corrected chi connectivity index (χ2v) is 5.29. The summed E-state index contributed by atoms with van der Waals surface area (Å²) in [4.78, 5) is 2.43. The van der Waals surface area contributed by atoms with Crippen molar-refractivity contribution in [2.24, 2.45) is 0 Å². The minimum absolute atomic E-state index is 0.793. The van der Waals surface area contributed by atoms with Crippen LogP contribution in [0.4, 0.5) is 5.69 Å². The van der Waals surface area contributed by atoms with E-state index in [2.05, 4.69) is 46.6 Å². The fourth-order valence-corrected chi connectivity index (χ4v) is 2.63. The molecule has 1 aliphatic heterocycles. The van der Waals surface area contributed by atoms with Crippen molar-refractivity contribution < 1.29 is 0 Å². The standard InChI is InChI=1S/C16H17ClN2/c17-15-7-5-13(6-8-15)12-19-10-9-18-11-14-3-1-2-4-16(14)19/h1-8,18H,9-12H2. The highest BCUT2D eigenvalue weighted by molar-refractivity contribution is 6.30. The second kappa shape index (κ2) is 5.64. The molecule has 0 saturated heterocycles. The van der Waals surface area contributed by atoms with Gasteiger partial charge in [-0.1, -0.05) is 41.9 Å². The molecular weight excluding hydrogens is 256 g/mol. The minimum atomic E-state index is 0.793. The van der Waals surface area contributed by atoms with E-state index >= 15 is 0 Å². The molecule has 0 amide bonds. The molecule has 0 unspecified atom stereocenters. The van der Waals surface area contributed by atoms with Crippen LogP contribution in [0.15, 0.2) is 48.5 Å². The van der Waals surface area contributed by atoms with Gasteiger partial charge >= 0.3 is 0 Å². The highest BCUT2D eigenvalue weighted by Crippen LogP contribution is 2.24. The first kappa shape index (κ1) is 12.5. The first-order valence-electron chi connectivity index (χ1n) is 6.61. The lowest BCUT2D eigenvalue weighted by molar-refractivity contribution is 0.688. The van der Waals surface area contributed by atoms with Crippen LogP contribution in [0.2, 0.25) is 5.02 Å². The zero-order valence-electron chi connectivity index (χ0n) is 10.8. The molecule has 0 spiro atoms. The van der Waals surface area contributed by atoms with E-state index in [0.717, 1.165) is 31.2 Å². The number of halogens is 1. The number of hydrogen-bond donors (Lipinski definition) is 1. The average molecular weight is 273 g/mol. The smallest absolute Gasteiger partial charge is 0.0430 e. The number of anilines is 1. The maximum Gasteiger partial charge on any atom is 0.0430 e. The van der Waals surface area contributed by atoms with Gasteiger partial charge < -0.3 is 10.2 Å². The maximum atomic E-state index is 5.94. The summed E-state index contributed by atoms with van der Waals surface area (Å²) >= 11 is 5.94. The number of nitrogens with one attached hydrogen (secondary N) is 1. The van der Waals surface area contributed by atoms with Crippen LogP contribution in [-0.4, -0.2) is 13.1 Å². The summed E-state index contributed by atoms with van der Waals surface area (Å²) in [6.45, 7) is 3.92. The largest absolute Gasteiger partial charge is 0.366 e. The van der Waals surface area contributed by atoms with E-state index in [1.165, 1.54) is 16.8 Å². The van der Waals surface area contributed by atoms with Gasteiger partial charge in [0.25, 0.3) is 0 Å². The van der Waals surface area contributed by atoms with Crippen molar-refractivity contribution in [3.8, 4) is 0 Å². The molecule has 0 aliphatic carbocycles. The second-order valence-electron chi connectivity index (χ2n) is 4.85. The van der Waals surface area contributed by atoms with Crippen molar-refractivity contribution in [3.63, 3.8) is 0 Å². The minimum Gasteiger partial charge on any atom is -0.366 e. The molecule has 1 aliphatic rings. The van der Waals surface area contributed by atoms with E-state index in [1.807, 2.05) is 12.1 Å². The number of hydrogen-bond acceptors (Lipinski definition) is 2. The lowest BCUT2D eigenvalue weighted by atomic mass is 10.1. The van der Waals surface area contributed by atoms with E-state index in [4.69, 9.17) is 11.6 Å². The first-order valence-corrected chi connectivity index (χ1v) is 6.99. The van der Waals surface area contributed by atoms with E-state index < -0.39 is 0 Å². The summed E-state index contributed by atoms with van der Waals surface area (Å²) in [7, 11) is 0. The van der Waals surface area contributed by atoms with Crippen LogP contribution in [0, 0.1) is 0 Å². The molecule has 0 fully saturated rings. The Labute approximate surface area is 119 Å². The summed E-state index contributed by atoms with van der Waals surface area (Å²) in [5.74, 6) is 0. The highest BCUT2D eigenvalue weighted by atomic mass is 35.5. The predicted molar refractivity (Wildman–Crippen MR) is 80.7 cm³/mol. The van der Waals surface area contributed by atoms with Gasteiger partial charge in [-0.3, -0.25) is 0 Å². The molecule has 2 aromatic rings. The molecule has 98 valence electrons. The Morgan fingerprint density at radius 1 is 1.05 bits per heavy atom. The van der Waals surface area contributed by atoms with Crippen LogP contribution in [0.5, 0.6) is 0 Å². The monoisotopic (exact) mass is 272 g/mol. The SMILES string of the molecule is Clc1ccc(CN2CCNCc3ccccc32)cc1. The molecule has 3 rings (SSSR count).